The van der Waals surface area contributed by atoms with Crippen LogP contribution in [-0.2, 0) is 39.8 Å². The van der Waals surface area contributed by atoms with Gasteiger partial charge in [-0.1, -0.05) is 57.2 Å². The highest BCUT2D eigenvalue weighted by molar-refractivity contribution is 7.13. The fourth-order valence-electron chi connectivity index (χ4n) is 7.51. The topological polar surface area (TPSA) is 197 Å². The molecule has 0 spiro atoms. The molecule has 5 aromatic rings. The summed E-state index contributed by atoms with van der Waals surface area (Å²) >= 11 is 1.57. The second kappa shape index (κ2) is 21.7. The number of aliphatic hydroxyl groups excluding tert-OH is 1. The number of fused-ring (bicyclic) bond motifs is 3. The quantitative estimate of drug-likeness (QED) is 0.0626. The third kappa shape index (κ3) is 12.4. The maximum Gasteiger partial charge on any atom is 0.246 e. The van der Waals surface area contributed by atoms with Crippen molar-refractivity contribution in [3.05, 3.63) is 83.3 Å². The normalized spacial score (nSPS) is 16.4. The van der Waals surface area contributed by atoms with Crippen LogP contribution in [0.4, 0.5) is 0 Å². The molecule has 1 fully saturated rings. The lowest BCUT2D eigenvalue weighted by Crippen LogP contribution is -2.58. The van der Waals surface area contributed by atoms with Gasteiger partial charge in [0.15, 0.2) is 0 Å². The van der Waals surface area contributed by atoms with E-state index in [2.05, 4.69) is 43.0 Å². The Hall–Kier alpha value is -5.26. The zero-order chi connectivity index (χ0) is 44.2. The van der Waals surface area contributed by atoms with E-state index < -0.39 is 29.5 Å². The number of thiazole rings is 1. The Bertz CT molecular complexity index is 2290. The number of aliphatic hydroxyl groups is 1. The van der Waals surface area contributed by atoms with E-state index in [-0.39, 0.29) is 56.4 Å². The van der Waals surface area contributed by atoms with Crippen LogP contribution in [0.1, 0.15) is 69.8 Å². The Kier molecular flexibility index (Phi) is 16.2. The molecule has 16 heteroatoms. The summed E-state index contributed by atoms with van der Waals surface area (Å²) in [5.41, 5.74) is 7.20. The molecule has 0 saturated carbocycles. The second-order valence-electron chi connectivity index (χ2n) is 16.7. The van der Waals surface area contributed by atoms with Gasteiger partial charge >= 0.3 is 0 Å². The lowest BCUT2D eigenvalue weighted by molar-refractivity contribution is -0.144. The molecule has 0 unspecified atom stereocenters. The Balaban J connectivity index is 0.825. The zero-order valence-corrected chi connectivity index (χ0v) is 37.0. The van der Waals surface area contributed by atoms with Crippen molar-refractivity contribution in [1.82, 2.24) is 35.8 Å². The van der Waals surface area contributed by atoms with Gasteiger partial charge in [0.05, 0.1) is 67.9 Å². The fraction of sp³-hybridized carbons (Fsp3) is 0.478. The molecular weight excluding hydrogens is 811 g/mol. The van der Waals surface area contributed by atoms with Crippen LogP contribution in [0.25, 0.3) is 32.2 Å². The Labute approximate surface area is 366 Å². The van der Waals surface area contributed by atoms with Gasteiger partial charge in [0, 0.05) is 66.6 Å². The van der Waals surface area contributed by atoms with Crippen molar-refractivity contribution in [2.45, 2.75) is 84.5 Å². The molecule has 6 rings (SSSR count). The van der Waals surface area contributed by atoms with Crippen molar-refractivity contribution in [3.8, 4) is 10.4 Å². The van der Waals surface area contributed by atoms with Crippen LogP contribution in [0.5, 0.6) is 0 Å². The SMILES string of the molecule is Cc1ncsc1-c1ccc([C@H](C)NC(=O)[C@@H]2C[C@@H](O)CN2C(=O)[C@@H](NC(=O)CCOCCOCCOCCNC(=O)CCc2ccc3c(c2)[nH]c2ccncc23)C(C)(C)C)cc1. The first-order valence-electron chi connectivity index (χ1n) is 21.2. The van der Waals surface area contributed by atoms with E-state index in [0.29, 0.717) is 45.8 Å². The van der Waals surface area contributed by atoms with E-state index in [9.17, 15) is 24.3 Å². The molecule has 0 radical (unpaired) electrons. The summed E-state index contributed by atoms with van der Waals surface area (Å²) in [6.07, 6.45) is 3.88. The largest absolute Gasteiger partial charge is 0.391 e. The predicted molar refractivity (Wildman–Crippen MR) is 238 cm³/mol. The lowest BCUT2D eigenvalue weighted by Gasteiger charge is -2.35. The number of pyridine rings is 1. The number of rotatable bonds is 21. The van der Waals surface area contributed by atoms with E-state index >= 15 is 0 Å². The molecule has 4 atom stereocenters. The molecule has 0 bridgehead atoms. The van der Waals surface area contributed by atoms with Crippen molar-refractivity contribution in [2.75, 3.05) is 52.7 Å². The van der Waals surface area contributed by atoms with Gasteiger partial charge in [-0.2, -0.15) is 0 Å². The van der Waals surface area contributed by atoms with E-state index in [4.69, 9.17) is 14.2 Å². The van der Waals surface area contributed by atoms with Crippen molar-refractivity contribution in [1.29, 1.82) is 0 Å². The molecule has 4 heterocycles. The average Bonchev–Trinajstić information content (AvgIpc) is 3.97. The maximum absolute atomic E-state index is 14.0. The van der Waals surface area contributed by atoms with Gasteiger partial charge < -0.3 is 45.2 Å². The molecule has 332 valence electrons. The van der Waals surface area contributed by atoms with Crippen LogP contribution in [-0.4, -0.2) is 120 Å². The number of nitrogens with one attached hydrogen (secondary N) is 4. The Morgan fingerprint density at radius 3 is 2.34 bits per heavy atom. The zero-order valence-electron chi connectivity index (χ0n) is 36.2. The third-order valence-electron chi connectivity index (χ3n) is 11.0. The highest BCUT2D eigenvalue weighted by atomic mass is 32.1. The van der Waals surface area contributed by atoms with Crippen LogP contribution < -0.4 is 16.0 Å². The number of carbonyl (C=O) groups excluding carboxylic acids is 4. The van der Waals surface area contributed by atoms with Crippen molar-refractivity contribution < 1.29 is 38.5 Å². The number of hydrogen-bond acceptors (Lipinski definition) is 11. The first-order valence-corrected chi connectivity index (χ1v) is 22.1. The molecule has 1 aliphatic heterocycles. The Morgan fingerprint density at radius 2 is 1.63 bits per heavy atom. The number of β-amino-alcohol motifs (C(OH)–C–C–N with tert-alkyl or cyclic N) is 1. The highest BCUT2D eigenvalue weighted by Gasteiger charge is 2.44. The van der Waals surface area contributed by atoms with Crippen LogP contribution in [0.3, 0.4) is 0 Å². The fourth-order valence-corrected chi connectivity index (χ4v) is 8.32. The lowest BCUT2D eigenvalue weighted by atomic mass is 9.85. The van der Waals surface area contributed by atoms with Gasteiger partial charge in [0.2, 0.25) is 23.6 Å². The van der Waals surface area contributed by atoms with Gasteiger partial charge in [0.25, 0.3) is 0 Å². The maximum atomic E-state index is 14.0. The average molecular weight is 870 g/mol. The van der Waals surface area contributed by atoms with Crippen LogP contribution in [0.2, 0.25) is 0 Å². The molecule has 15 nitrogen and oxygen atoms in total. The third-order valence-corrected chi connectivity index (χ3v) is 11.9. The molecule has 1 saturated heterocycles. The second-order valence-corrected chi connectivity index (χ2v) is 17.6. The van der Waals surface area contributed by atoms with Gasteiger partial charge in [-0.15, -0.1) is 11.3 Å². The summed E-state index contributed by atoms with van der Waals surface area (Å²) in [5.74, 6) is -1.19. The van der Waals surface area contributed by atoms with Crippen molar-refractivity contribution in [2.24, 2.45) is 5.41 Å². The number of ether oxygens (including phenoxy) is 3. The number of nitrogens with zero attached hydrogens (tertiary/aromatic N) is 3. The summed E-state index contributed by atoms with van der Waals surface area (Å²) in [4.78, 5) is 67.4. The first-order chi connectivity index (χ1) is 29.8. The van der Waals surface area contributed by atoms with Crippen LogP contribution in [0, 0.1) is 12.3 Å². The number of hydrogen-bond donors (Lipinski definition) is 5. The van der Waals surface area contributed by atoms with Crippen LogP contribution in [0.15, 0.2) is 66.4 Å². The van der Waals surface area contributed by atoms with Crippen molar-refractivity contribution in [3.63, 3.8) is 0 Å². The number of benzene rings is 2. The van der Waals surface area contributed by atoms with Gasteiger partial charge in [0.1, 0.15) is 12.1 Å². The van der Waals surface area contributed by atoms with Gasteiger partial charge in [-0.25, -0.2) is 4.98 Å². The first kappa shape index (κ1) is 46.2. The molecule has 5 N–H and O–H groups in total. The van der Waals surface area contributed by atoms with E-state index in [0.717, 1.165) is 49.1 Å². The summed E-state index contributed by atoms with van der Waals surface area (Å²) < 4.78 is 16.7. The van der Waals surface area contributed by atoms with Gasteiger partial charge in [-0.05, 0) is 54.5 Å². The number of amides is 4. The number of likely N-dealkylation sites (tertiary alicyclic amines) is 1. The molecule has 2 aromatic carbocycles. The van der Waals surface area contributed by atoms with E-state index in [1.165, 1.54) is 4.90 Å². The molecule has 0 aliphatic carbocycles. The van der Waals surface area contributed by atoms with E-state index in [1.807, 2.05) is 82.7 Å². The number of carbonyl (C=O) groups is 4. The predicted octanol–water partition coefficient (Wildman–Crippen LogP) is 5.01. The van der Waals surface area contributed by atoms with E-state index in [1.54, 1.807) is 17.5 Å². The standard InChI is InChI=1S/C46H59N7O8S/c1-29(32-8-10-33(11-9-32)42-30(2)49-28-62-42)50-44(57)39-25-34(54)27-53(39)45(58)43(46(3,4)5)52-41(56)15-18-59-20-22-61-23-21-60-19-17-48-40(55)13-7-31-6-12-35-36-26-47-16-14-37(36)51-38(35)24-31/h6,8-12,14,16,24,26,28-29,34,39,43,51,54H,7,13,15,17-23,25,27H2,1-5H3,(H,48,55)(H,50,57)(H,52,56)/t29-,34+,39-,43+/m0/s1. The minimum atomic E-state index is -0.933. The number of aromatic nitrogens is 3. The monoisotopic (exact) mass is 869 g/mol. The molecule has 1 aliphatic rings. The molecular formula is C46H59N7O8S. The summed E-state index contributed by atoms with van der Waals surface area (Å²) in [6.45, 7) is 11.6. The number of aryl methyl sites for hydroxylation is 2. The summed E-state index contributed by atoms with van der Waals surface area (Å²) in [5, 5.41) is 21.5. The van der Waals surface area contributed by atoms with Crippen molar-refractivity contribution >= 4 is 56.8 Å². The molecule has 62 heavy (non-hydrogen) atoms. The number of H-pyrrole nitrogens is 1. The molecule has 4 amide bonds. The molecule has 3 aromatic heterocycles. The summed E-state index contributed by atoms with van der Waals surface area (Å²) in [6, 6.07) is 13.9. The number of aromatic amines is 1. The smallest absolute Gasteiger partial charge is 0.246 e. The minimum absolute atomic E-state index is 0.00832. The van der Waals surface area contributed by atoms with Crippen LogP contribution >= 0.6 is 11.3 Å². The highest BCUT2D eigenvalue weighted by Crippen LogP contribution is 2.30. The van der Waals surface area contributed by atoms with Gasteiger partial charge in [-0.3, -0.25) is 24.2 Å². The summed E-state index contributed by atoms with van der Waals surface area (Å²) in [7, 11) is 0. The Morgan fingerprint density at radius 1 is 0.903 bits per heavy atom. The minimum Gasteiger partial charge on any atom is -0.391 e.